The summed E-state index contributed by atoms with van der Waals surface area (Å²) < 4.78 is 4.75. The minimum Gasteiger partial charge on any atom is -0.463 e. The minimum atomic E-state index is -0.829. The first kappa shape index (κ1) is 12.4. The van der Waals surface area contributed by atoms with Crippen LogP contribution in [0.3, 0.4) is 0 Å². The van der Waals surface area contributed by atoms with E-state index in [0.717, 1.165) is 5.06 Å². The van der Waals surface area contributed by atoms with Gasteiger partial charge in [0.1, 0.15) is 0 Å². The van der Waals surface area contributed by atoms with E-state index in [-0.39, 0.29) is 18.7 Å². The minimum absolute atomic E-state index is 0.103. The lowest BCUT2D eigenvalue weighted by atomic mass is 10.2. The molecule has 0 radical (unpaired) electrons. The summed E-state index contributed by atoms with van der Waals surface area (Å²) in [5.74, 6) is -0.955. The van der Waals surface area contributed by atoms with Crippen molar-refractivity contribution in [1.82, 2.24) is 5.06 Å². The van der Waals surface area contributed by atoms with Crippen molar-refractivity contribution in [2.45, 2.75) is 19.4 Å². The Bertz CT molecular complexity index is 315. The number of carbonyl (C=O) groups excluding carboxylic acids is 2. The molecule has 90 valence electrons. The number of hydrogen-bond donors (Lipinski definition) is 0. The Kier molecular flexibility index (Phi) is 4.24. The molecule has 0 bridgehead atoms. The first-order valence-electron chi connectivity index (χ1n) is 4.81. The lowest BCUT2D eigenvalue weighted by molar-refractivity contribution is -0.160. The van der Waals surface area contributed by atoms with Crippen molar-refractivity contribution >= 4 is 17.6 Å². The summed E-state index contributed by atoms with van der Waals surface area (Å²) in [5.41, 5.74) is 0.141. The second-order valence-corrected chi connectivity index (χ2v) is 3.07. The van der Waals surface area contributed by atoms with Crippen LogP contribution in [0.1, 0.15) is 13.3 Å². The average molecular weight is 230 g/mol. The first-order valence-corrected chi connectivity index (χ1v) is 4.81. The Morgan fingerprint density at radius 3 is 2.88 bits per heavy atom. The summed E-state index contributed by atoms with van der Waals surface area (Å²) in [7, 11) is 2.81. The van der Waals surface area contributed by atoms with Gasteiger partial charge in [0.2, 0.25) is 6.10 Å². The molecule has 1 amide bonds. The molecule has 0 aromatic heterocycles. The van der Waals surface area contributed by atoms with Gasteiger partial charge in [-0.2, -0.15) is 0 Å². The summed E-state index contributed by atoms with van der Waals surface area (Å²) >= 11 is 0. The van der Waals surface area contributed by atoms with Gasteiger partial charge in [-0.1, -0.05) is 5.16 Å². The number of hydrogen-bond acceptors (Lipinski definition) is 6. The van der Waals surface area contributed by atoms with Gasteiger partial charge < -0.3 is 9.57 Å². The Balaban J connectivity index is 2.51. The van der Waals surface area contributed by atoms with E-state index in [2.05, 4.69) is 5.16 Å². The van der Waals surface area contributed by atoms with E-state index in [0.29, 0.717) is 0 Å². The van der Waals surface area contributed by atoms with Gasteiger partial charge in [0.25, 0.3) is 5.91 Å². The normalized spacial score (nSPS) is 18.7. The van der Waals surface area contributed by atoms with Crippen LogP contribution in [0.15, 0.2) is 5.16 Å². The van der Waals surface area contributed by atoms with Crippen LogP contribution in [-0.4, -0.2) is 49.5 Å². The van der Waals surface area contributed by atoms with E-state index in [1.54, 1.807) is 6.92 Å². The molecule has 0 fully saturated rings. The van der Waals surface area contributed by atoms with Crippen LogP contribution in [0.2, 0.25) is 0 Å². The molecule has 1 aliphatic rings. The predicted molar refractivity (Wildman–Crippen MR) is 53.3 cm³/mol. The molecule has 1 heterocycles. The van der Waals surface area contributed by atoms with Crippen LogP contribution in [0, 0.1) is 0 Å². The second kappa shape index (κ2) is 5.45. The quantitative estimate of drug-likeness (QED) is 0.490. The van der Waals surface area contributed by atoms with Crippen molar-refractivity contribution in [1.29, 1.82) is 0 Å². The molecule has 0 spiro atoms. The molecule has 0 aromatic carbocycles. The molecule has 1 unspecified atom stereocenters. The molecular formula is C9H14N2O5. The summed E-state index contributed by atoms with van der Waals surface area (Å²) in [6.45, 7) is 1.96. The van der Waals surface area contributed by atoms with E-state index in [1.165, 1.54) is 14.2 Å². The van der Waals surface area contributed by atoms with Gasteiger partial charge in [-0.05, 0) is 6.92 Å². The summed E-state index contributed by atoms with van der Waals surface area (Å²) in [5, 5.41) is 4.54. The fraction of sp³-hybridized carbons (Fsp3) is 0.667. The average Bonchev–Trinajstić information content (AvgIpc) is 2.76. The second-order valence-electron chi connectivity index (χ2n) is 3.07. The zero-order valence-electron chi connectivity index (χ0n) is 9.43. The van der Waals surface area contributed by atoms with E-state index >= 15 is 0 Å². The highest BCUT2D eigenvalue weighted by atomic mass is 16.7. The van der Waals surface area contributed by atoms with Crippen LogP contribution >= 0.6 is 0 Å². The largest absolute Gasteiger partial charge is 0.463 e. The third-order valence-corrected chi connectivity index (χ3v) is 2.03. The third-order valence-electron chi connectivity index (χ3n) is 2.03. The van der Waals surface area contributed by atoms with Crippen molar-refractivity contribution in [2.75, 3.05) is 20.8 Å². The van der Waals surface area contributed by atoms with Crippen LogP contribution in [0.5, 0.6) is 0 Å². The standard InChI is InChI=1S/C9H14N2O5/c1-4-15-9(13)7-5-6(10-16-7)8(12)11(2)14-3/h7H,4-5H2,1-3H3. The zero-order valence-corrected chi connectivity index (χ0v) is 9.43. The van der Waals surface area contributed by atoms with Gasteiger partial charge in [-0.3, -0.25) is 9.63 Å². The Morgan fingerprint density at radius 1 is 1.62 bits per heavy atom. The molecule has 0 saturated carbocycles. The van der Waals surface area contributed by atoms with Crippen molar-refractivity contribution in [3.8, 4) is 0 Å². The Morgan fingerprint density at radius 2 is 2.31 bits per heavy atom. The SMILES string of the molecule is CCOC(=O)C1CC(C(=O)N(C)OC)=NO1. The maximum absolute atomic E-state index is 11.5. The van der Waals surface area contributed by atoms with E-state index in [4.69, 9.17) is 14.4 Å². The highest BCUT2D eigenvalue weighted by Gasteiger charge is 2.33. The highest BCUT2D eigenvalue weighted by Crippen LogP contribution is 2.13. The van der Waals surface area contributed by atoms with Crippen molar-refractivity contribution in [3.05, 3.63) is 0 Å². The van der Waals surface area contributed by atoms with Crippen LogP contribution in [0.25, 0.3) is 0 Å². The van der Waals surface area contributed by atoms with Gasteiger partial charge in [0.05, 0.1) is 13.7 Å². The lowest BCUT2D eigenvalue weighted by Gasteiger charge is -2.12. The number of rotatable bonds is 4. The molecule has 0 aromatic rings. The van der Waals surface area contributed by atoms with Gasteiger partial charge in [-0.25, -0.2) is 9.86 Å². The maximum atomic E-state index is 11.5. The molecule has 0 N–H and O–H groups in total. The smallest absolute Gasteiger partial charge is 0.350 e. The zero-order chi connectivity index (χ0) is 12.1. The third kappa shape index (κ3) is 2.69. The molecule has 1 atom stereocenters. The summed E-state index contributed by atoms with van der Waals surface area (Å²) in [6.07, 6.45) is -0.727. The van der Waals surface area contributed by atoms with Crippen LogP contribution < -0.4 is 0 Å². The Labute approximate surface area is 92.9 Å². The number of nitrogens with zero attached hydrogens (tertiary/aromatic N) is 2. The molecule has 0 saturated heterocycles. The first-order chi connectivity index (χ1) is 7.60. The summed E-state index contributed by atoms with van der Waals surface area (Å²) in [4.78, 5) is 32.3. The van der Waals surface area contributed by atoms with Gasteiger partial charge in [0, 0.05) is 13.5 Å². The molecule has 7 heteroatoms. The molecule has 1 aliphatic heterocycles. The molecule has 7 nitrogen and oxygen atoms in total. The van der Waals surface area contributed by atoms with Gasteiger partial charge in [-0.15, -0.1) is 0 Å². The topological polar surface area (TPSA) is 77.4 Å². The number of hydroxylamine groups is 2. The van der Waals surface area contributed by atoms with Crippen LogP contribution in [0.4, 0.5) is 0 Å². The van der Waals surface area contributed by atoms with Crippen molar-refractivity contribution < 1.29 is 24.0 Å². The van der Waals surface area contributed by atoms with Gasteiger partial charge in [0.15, 0.2) is 5.71 Å². The molecule has 16 heavy (non-hydrogen) atoms. The fourth-order valence-electron chi connectivity index (χ4n) is 1.13. The van der Waals surface area contributed by atoms with Crippen molar-refractivity contribution in [2.24, 2.45) is 5.16 Å². The number of carbonyl (C=O) groups is 2. The fourth-order valence-corrected chi connectivity index (χ4v) is 1.13. The monoisotopic (exact) mass is 230 g/mol. The Hall–Kier alpha value is -1.63. The van der Waals surface area contributed by atoms with E-state index < -0.39 is 18.0 Å². The van der Waals surface area contributed by atoms with Crippen molar-refractivity contribution in [3.63, 3.8) is 0 Å². The highest BCUT2D eigenvalue weighted by molar-refractivity contribution is 6.39. The maximum Gasteiger partial charge on any atom is 0.350 e. The van der Waals surface area contributed by atoms with Crippen LogP contribution in [-0.2, 0) is 24.0 Å². The molecule has 0 aliphatic carbocycles. The van der Waals surface area contributed by atoms with Gasteiger partial charge >= 0.3 is 5.97 Å². The number of oxime groups is 1. The number of amides is 1. The van der Waals surface area contributed by atoms with E-state index in [9.17, 15) is 9.59 Å². The molecule has 1 rings (SSSR count). The van der Waals surface area contributed by atoms with E-state index in [1.807, 2.05) is 0 Å². The number of ether oxygens (including phenoxy) is 1. The summed E-state index contributed by atoms with van der Waals surface area (Å²) in [6, 6.07) is 0. The number of esters is 1. The lowest BCUT2D eigenvalue weighted by Crippen LogP contribution is -2.33. The molecular weight excluding hydrogens is 216 g/mol. The predicted octanol–water partition coefficient (Wildman–Crippen LogP) is -0.286.